The predicted molar refractivity (Wildman–Crippen MR) is 39.6 cm³/mol. The van der Waals surface area contributed by atoms with Gasteiger partial charge < -0.3 is 0 Å². The van der Waals surface area contributed by atoms with Gasteiger partial charge in [-0.2, -0.15) is 0 Å². The third-order valence-corrected chi connectivity index (χ3v) is 0.875. The van der Waals surface area contributed by atoms with Gasteiger partial charge in [-0.3, -0.25) is 10.9 Å². The van der Waals surface area contributed by atoms with E-state index < -0.39 is 0 Å². The summed E-state index contributed by atoms with van der Waals surface area (Å²) in [6.07, 6.45) is 2.38. The van der Waals surface area contributed by atoms with Gasteiger partial charge in [0.05, 0.1) is 0 Å². The van der Waals surface area contributed by atoms with E-state index in [0.717, 1.165) is 13.1 Å². The second kappa shape index (κ2) is 6.98. The van der Waals surface area contributed by atoms with E-state index >= 15 is 0 Å². The molecule has 0 aromatic rings. The Morgan fingerprint density at radius 3 is 2.38 bits per heavy atom. The van der Waals surface area contributed by atoms with Crippen molar-refractivity contribution in [2.45, 2.75) is 19.7 Å². The van der Waals surface area contributed by atoms with Crippen LogP contribution in [0.4, 0.5) is 0 Å². The maximum Gasteiger partial charge on any atom is 0.103 e. The second-order valence-electron chi connectivity index (χ2n) is 1.85. The molecule has 0 spiro atoms. The van der Waals surface area contributed by atoms with Gasteiger partial charge in [0.1, 0.15) is 7.85 Å². The van der Waals surface area contributed by atoms with Crippen molar-refractivity contribution in [2.24, 2.45) is 0 Å². The summed E-state index contributed by atoms with van der Waals surface area (Å²) in [6, 6.07) is 0. The first-order valence-corrected chi connectivity index (χ1v) is 3.37. The van der Waals surface area contributed by atoms with Crippen LogP contribution in [0.5, 0.6) is 0 Å². The topological polar surface area (TPSA) is 24.1 Å². The molecule has 0 aromatic heterocycles. The van der Waals surface area contributed by atoms with Crippen LogP contribution >= 0.6 is 0 Å². The summed E-state index contributed by atoms with van der Waals surface area (Å²) < 4.78 is 0. The summed E-state index contributed by atoms with van der Waals surface area (Å²) in [5, 5.41) is 0. The maximum absolute atomic E-state index is 3.09. The highest BCUT2D eigenvalue weighted by Crippen LogP contribution is 1.66. The van der Waals surface area contributed by atoms with Crippen LogP contribution < -0.4 is 10.9 Å². The summed E-state index contributed by atoms with van der Waals surface area (Å²) >= 11 is 0. The Bertz CT molecular complexity index is 35.4. The Labute approximate surface area is 52.4 Å². The molecule has 0 atom stereocenters. The summed E-state index contributed by atoms with van der Waals surface area (Å²) in [4.78, 5) is 0. The van der Waals surface area contributed by atoms with Gasteiger partial charge in [-0.15, -0.1) is 0 Å². The first-order chi connectivity index (χ1) is 3.91. The number of hydrogen-bond donors (Lipinski definition) is 2. The molecule has 0 saturated carbocycles. The summed E-state index contributed by atoms with van der Waals surface area (Å²) in [5.41, 5.74) is 6.17. The van der Waals surface area contributed by atoms with E-state index in [-0.39, 0.29) is 0 Å². The van der Waals surface area contributed by atoms with Gasteiger partial charge in [-0.05, 0) is 6.42 Å². The molecule has 0 fully saturated rings. The van der Waals surface area contributed by atoms with Crippen LogP contribution in [-0.2, 0) is 0 Å². The highest BCUT2D eigenvalue weighted by atomic mass is 15.3. The molecule has 0 heterocycles. The Hall–Kier alpha value is -0.0151. The minimum absolute atomic E-state index is 1.07. The van der Waals surface area contributed by atoms with Gasteiger partial charge in [-0.25, -0.2) is 0 Å². The maximum atomic E-state index is 3.09. The normalized spacial score (nSPS) is 9.62. The lowest BCUT2D eigenvalue weighted by atomic mass is 10.1. The third-order valence-electron chi connectivity index (χ3n) is 0.875. The van der Waals surface area contributed by atoms with Gasteiger partial charge >= 0.3 is 0 Å². The molecule has 3 heteroatoms. The summed E-state index contributed by atoms with van der Waals surface area (Å²) in [7, 11) is 2.15. The molecule has 2 nitrogen and oxygen atoms in total. The van der Waals surface area contributed by atoms with Crippen LogP contribution in [0.2, 0.25) is 6.32 Å². The molecule has 0 rings (SSSR count). The quantitative estimate of drug-likeness (QED) is 0.287. The molecule has 0 amide bonds. The van der Waals surface area contributed by atoms with Gasteiger partial charge in [0.2, 0.25) is 0 Å². The highest BCUT2D eigenvalue weighted by molar-refractivity contribution is 6.08. The monoisotopic (exact) mass is 114 g/mol. The number of hydrogen-bond acceptors (Lipinski definition) is 2. The largest absolute Gasteiger partial charge is 0.259 e. The smallest absolute Gasteiger partial charge is 0.103 e. The van der Waals surface area contributed by atoms with Crippen LogP contribution in [0.3, 0.4) is 0 Å². The van der Waals surface area contributed by atoms with E-state index in [1.54, 1.807) is 0 Å². The van der Waals surface area contributed by atoms with E-state index in [1.165, 1.54) is 12.7 Å². The average molecular weight is 114 g/mol. The molecule has 0 aliphatic rings. The zero-order chi connectivity index (χ0) is 6.24. The lowest BCUT2D eigenvalue weighted by Crippen LogP contribution is -2.32. The number of hydrazine groups is 1. The lowest BCUT2D eigenvalue weighted by Gasteiger charge is -2.01. The Morgan fingerprint density at radius 2 is 1.88 bits per heavy atom. The van der Waals surface area contributed by atoms with Crippen molar-refractivity contribution >= 4 is 7.85 Å². The molecule has 0 aliphatic heterocycles. The Balaban J connectivity index is 2.53. The van der Waals surface area contributed by atoms with Crippen molar-refractivity contribution in [3.05, 3.63) is 0 Å². The fourth-order valence-electron chi connectivity index (χ4n) is 0.427. The van der Waals surface area contributed by atoms with Gasteiger partial charge in [0, 0.05) is 13.1 Å². The van der Waals surface area contributed by atoms with E-state index in [1.807, 2.05) is 0 Å². The first-order valence-electron chi connectivity index (χ1n) is 3.37. The van der Waals surface area contributed by atoms with Crippen LogP contribution in [0.1, 0.15) is 13.3 Å². The molecular weight excluding hydrogens is 98.9 g/mol. The second-order valence-corrected chi connectivity index (χ2v) is 1.85. The Morgan fingerprint density at radius 1 is 1.25 bits per heavy atom. The molecule has 0 aliphatic carbocycles. The van der Waals surface area contributed by atoms with E-state index in [2.05, 4.69) is 25.6 Å². The van der Waals surface area contributed by atoms with Crippen LogP contribution in [0.15, 0.2) is 0 Å². The molecule has 0 unspecified atom stereocenters. The fourth-order valence-corrected chi connectivity index (χ4v) is 0.427. The van der Waals surface area contributed by atoms with Gasteiger partial charge in [-0.1, -0.05) is 13.2 Å². The van der Waals surface area contributed by atoms with Crippen LogP contribution in [0.25, 0.3) is 0 Å². The summed E-state index contributed by atoms with van der Waals surface area (Å²) in [6.45, 7) is 4.29. The lowest BCUT2D eigenvalue weighted by molar-refractivity contribution is 0.548. The number of rotatable bonds is 5. The van der Waals surface area contributed by atoms with E-state index in [4.69, 9.17) is 0 Å². The van der Waals surface area contributed by atoms with Crippen LogP contribution in [0, 0.1) is 0 Å². The third kappa shape index (κ3) is 5.98. The van der Waals surface area contributed by atoms with Crippen LogP contribution in [-0.4, -0.2) is 20.9 Å². The molecule has 0 aromatic carbocycles. The Kier molecular flexibility index (Phi) is 6.97. The van der Waals surface area contributed by atoms with E-state index in [9.17, 15) is 0 Å². The minimum atomic E-state index is 1.07. The van der Waals surface area contributed by atoms with Crippen molar-refractivity contribution in [3.8, 4) is 0 Å². The number of nitrogens with one attached hydrogen (secondary N) is 2. The first kappa shape index (κ1) is 7.98. The van der Waals surface area contributed by atoms with Crippen molar-refractivity contribution in [2.75, 3.05) is 13.1 Å². The van der Waals surface area contributed by atoms with Crippen molar-refractivity contribution in [1.82, 2.24) is 10.9 Å². The van der Waals surface area contributed by atoms with Crippen molar-refractivity contribution in [1.29, 1.82) is 0 Å². The molecule has 0 radical (unpaired) electrons. The molecule has 2 N–H and O–H groups in total. The zero-order valence-corrected chi connectivity index (χ0v) is 5.83. The SMILES string of the molecule is BCCNNCCC. The molecule has 0 bridgehead atoms. The minimum Gasteiger partial charge on any atom is -0.259 e. The molecular formula is C5H15BN2. The fraction of sp³-hybridized carbons (Fsp3) is 1.00. The summed E-state index contributed by atoms with van der Waals surface area (Å²) in [5.74, 6) is 0. The van der Waals surface area contributed by atoms with Gasteiger partial charge in [0.15, 0.2) is 0 Å². The predicted octanol–water partition coefficient (Wildman–Crippen LogP) is -0.458. The molecule has 48 valence electrons. The molecule has 0 saturated heterocycles. The highest BCUT2D eigenvalue weighted by Gasteiger charge is 1.78. The van der Waals surface area contributed by atoms with Crippen molar-refractivity contribution < 1.29 is 0 Å². The molecule has 8 heavy (non-hydrogen) atoms. The van der Waals surface area contributed by atoms with Crippen molar-refractivity contribution in [3.63, 3.8) is 0 Å². The standard InChI is InChI=1S/C5H15BN2/c1-2-4-7-8-5-3-6/h7-8H,2-6H2,1H3. The average Bonchev–Trinajstić information content (AvgIpc) is 1.81. The van der Waals surface area contributed by atoms with Gasteiger partial charge in [0.25, 0.3) is 0 Å². The van der Waals surface area contributed by atoms with E-state index in [0.29, 0.717) is 0 Å². The zero-order valence-electron chi connectivity index (χ0n) is 5.83.